The minimum atomic E-state index is -0.567. The summed E-state index contributed by atoms with van der Waals surface area (Å²) < 4.78 is 11.5. The van der Waals surface area contributed by atoms with Gasteiger partial charge in [0.25, 0.3) is 0 Å². The molecule has 1 N–H and O–H groups in total. The van der Waals surface area contributed by atoms with Gasteiger partial charge in [0.15, 0.2) is 0 Å². The molecule has 0 radical (unpaired) electrons. The van der Waals surface area contributed by atoms with Crippen LogP contribution in [0.5, 0.6) is 0 Å². The van der Waals surface area contributed by atoms with E-state index in [2.05, 4.69) is 45.2 Å². The maximum Gasteiger partial charge on any atom is 0.509 e. The summed E-state index contributed by atoms with van der Waals surface area (Å²) in [5.41, 5.74) is -1.11. The number of aliphatic hydroxyl groups excluding tert-OH is 1. The Morgan fingerprint density at radius 2 is 1.59 bits per heavy atom. The quantitative estimate of drug-likeness (QED) is 0.325. The fourth-order valence-electron chi connectivity index (χ4n) is 5.22. The summed E-state index contributed by atoms with van der Waals surface area (Å²) in [6.07, 6.45) is 5.16. The third kappa shape index (κ3) is 3.25. The molecule has 4 fully saturated rings. The minimum absolute atomic E-state index is 0.0981. The number of carbonyl (C=O) groups excluding carboxylic acids is 1. The first kappa shape index (κ1) is 17.5. The van der Waals surface area contributed by atoms with Crippen molar-refractivity contribution in [3.8, 4) is 0 Å². The molecule has 0 aromatic rings. The van der Waals surface area contributed by atoms with E-state index in [1.165, 1.54) is 0 Å². The first-order valence-electron chi connectivity index (χ1n) is 7.81. The molecule has 4 bridgehead atoms. The Kier molecular flexibility index (Phi) is 4.06. The number of halogens is 2. The van der Waals surface area contributed by atoms with Gasteiger partial charge in [-0.25, -0.2) is 4.79 Å². The molecule has 4 saturated carbocycles. The van der Waals surface area contributed by atoms with Gasteiger partial charge in [0.2, 0.25) is 0 Å². The first-order chi connectivity index (χ1) is 9.90. The van der Waals surface area contributed by atoms with Crippen molar-refractivity contribution in [2.75, 3.05) is 6.61 Å². The summed E-state index contributed by atoms with van der Waals surface area (Å²) >= 11 is 5.09. The Morgan fingerprint density at radius 3 is 2.05 bits per heavy atom. The number of rotatable bonds is 2. The van der Waals surface area contributed by atoms with E-state index in [9.17, 15) is 9.90 Å². The third-order valence-corrected chi connectivity index (χ3v) is 7.31. The van der Waals surface area contributed by atoms with Gasteiger partial charge >= 0.3 is 6.16 Å². The fourth-order valence-corrected chi connectivity index (χ4v) is 10.4. The van der Waals surface area contributed by atoms with Crippen LogP contribution in [0.15, 0.2) is 0 Å². The number of alkyl halides is 2. The van der Waals surface area contributed by atoms with Crippen molar-refractivity contribution in [3.63, 3.8) is 0 Å². The largest absolute Gasteiger partial charge is 0.509 e. The van der Waals surface area contributed by atoms with E-state index in [0.29, 0.717) is 0 Å². The Labute approximate surface area is 159 Å². The SMILES string of the molecule is CC(C)(C)OC(=O)OC12CC3(I)CC(I)(CC(CO)(C3)C1)C2. The summed E-state index contributed by atoms with van der Waals surface area (Å²) in [7, 11) is 0. The number of carbonyl (C=O) groups is 1. The van der Waals surface area contributed by atoms with Gasteiger partial charge < -0.3 is 14.6 Å². The lowest BCUT2D eigenvalue weighted by Crippen LogP contribution is -2.67. The molecule has 2 unspecified atom stereocenters. The molecule has 2 atom stereocenters. The Bertz CT molecular complexity index is 481. The summed E-state index contributed by atoms with van der Waals surface area (Å²) in [5, 5.41) is 10.0. The predicted molar refractivity (Wildman–Crippen MR) is 101 cm³/mol. The third-order valence-electron chi connectivity index (χ3n) is 5.02. The molecule has 0 saturated heterocycles. The molecule has 0 amide bonds. The molecule has 4 aliphatic carbocycles. The second-order valence-corrected chi connectivity index (χ2v) is 13.3. The van der Waals surface area contributed by atoms with Gasteiger partial charge in [-0.15, -0.1) is 0 Å². The van der Waals surface area contributed by atoms with Crippen LogP contribution in [-0.4, -0.2) is 35.9 Å². The van der Waals surface area contributed by atoms with Crippen LogP contribution in [-0.2, 0) is 9.47 Å². The zero-order valence-corrected chi connectivity index (χ0v) is 17.7. The lowest BCUT2D eigenvalue weighted by Gasteiger charge is -2.66. The van der Waals surface area contributed by atoms with Gasteiger partial charge in [0.1, 0.15) is 11.2 Å². The van der Waals surface area contributed by atoms with Crippen molar-refractivity contribution in [2.24, 2.45) is 5.41 Å². The summed E-state index contributed by atoms with van der Waals surface area (Å²) in [5.74, 6) is 0. The van der Waals surface area contributed by atoms with Gasteiger partial charge in [0, 0.05) is 26.3 Å². The first-order valence-corrected chi connectivity index (χ1v) is 9.97. The second kappa shape index (κ2) is 5.09. The highest BCUT2D eigenvalue weighted by atomic mass is 127. The van der Waals surface area contributed by atoms with E-state index in [-0.39, 0.29) is 18.9 Å². The fraction of sp³-hybridized carbons (Fsp3) is 0.938. The highest BCUT2D eigenvalue weighted by Crippen LogP contribution is 2.70. The van der Waals surface area contributed by atoms with Crippen molar-refractivity contribution in [2.45, 2.75) is 77.3 Å². The Balaban J connectivity index is 1.86. The van der Waals surface area contributed by atoms with Crippen LogP contribution in [0.4, 0.5) is 4.79 Å². The molecular weight excluding hydrogens is 510 g/mol. The van der Waals surface area contributed by atoms with Crippen LogP contribution in [0.2, 0.25) is 0 Å². The van der Waals surface area contributed by atoms with Gasteiger partial charge in [-0.3, -0.25) is 0 Å². The highest BCUT2D eigenvalue weighted by molar-refractivity contribution is 14.1. The molecule has 4 aliphatic rings. The van der Waals surface area contributed by atoms with Crippen LogP contribution in [0.1, 0.15) is 59.3 Å². The Hall–Kier alpha value is 0.690. The van der Waals surface area contributed by atoms with Crippen LogP contribution < -0.4 is 0 Å². The van der Waals surface area contributed by atoms with Crippen molar-refractivity contribution in [1.82, 2.24) is 0 Å². The number of hydrogen-bond acceptors (Lipinski definition) is 4. The average Bonchev–Trinajstić information content (AvgIpc) is 2.19. The van der Waals surface area contributed by atoms with Gasteiger partial charge in [-0.05, 0) is 51.9 Å². The van der Waals surface area contributed by atoms with E-state index in [1.807, 2.05) is 20.8 Å². The Morgan fingerprint density at radius 1 is 1.05 bits per heavy atom. The second-order valence-electron chi connectivity index (χ2n) is 8.77. The van der Waals surface area contributed by atoms with Crippen molar-refractivity contribution >= 4 is 51.3 Å². The van der Waals surface area contributed by atoms with Crippen molar-refractivity contribution in [1.29, 1.82) is 0 Å². The van der Waals surface area contributed by atoms with Gasteiger partial charge in [-0.1, -0.05) is 45.2 Å². The van der Waals surface area contributed by atoms with E-state index >= 15 is 0 Å². The molecule has 0 aromatic carbocycles. The molecule has 0 aromatic heterocycles. The zero-order valence-electron chi connectivity index (χ0n) is 13.4. The molecule has 6 heteroatoms. The molecular formula is C16H24I2O4. The normalized spacial score (nSPS) is 46.6. The highest BCUT2D eigenvalue weighted by Gasteiger charge is 2.68. The van der Waals surface area contributed by atoms with E-state index < -0.39 is 17.4 Å². The van der Waals surface area contributed by atoms with Crippen molar-refractivity contribution < 1.29 is 19.4 Å². The van der Waals surface area contributed by atoms with Crippen molar-refractivity contribution in [3.05, 3.63) is 0 Å². The average molecular weight is 534 g/mol. The van der Waals surface area contributed by atoms with E-state index in [1.54, 1.807) is 0 Å². The predicted octanol–water partition coefficient (Wildman–Crippen LogP) is 4.38. The van der Waals surface area contributed by atoms with E-state index in [4.69, 9.17) is 9.47 Å². The lowest BCUT2D eigenvalue weighted by molar-refractivity contribution is -0.167. The smallest absolute Gasteiger partial charge is 0.429 e. The summed E-state index contributed by atoms with van der Waals surface area (Å²) in [6.45, 7) is 5.73. The van der Waals surface area contributed by atoms with Crippen LogP contribution in [0, 0.1) is 5.41 Å². The summed E-state index contributed by atoms with van der Waals surface area (Å²) in [6, 6.07) is 0. The molecule has 4 nitrogen and oxygen atoms in total. The molecule has 0 aliphatic heterocycles. The summed E-state index contributed by atoms with van der Waals surface area (Å²) in [4.78, 5) is 12.2. The molecule has 0 heterocycles. The maximum atomic E-state index is 12.2. The number of aliphatic hydroxyl groups is 1. The number of ether oxygens (including phenoxy) is 2. The van der Waals surface area contributed by atoms with E-state index in [0.717, 1.165) is 38.5 Å². The monoisotopic (exact) mass is 534 g/mol. The van der Waals surface area contributed by atoms with Crippen LogP contribution in [0.25, 0.3) is 0 Å². The van der Waals surface area contributed by atoms with Crippen LogP contribution in [0.3, 0.4) is 0 Å². The molecule has 4 rings (SSSR count). The zero-order chi connectivity index (χ0) is 16.4. The van der Waals surface area contributed by atoms with Gasteiger partial charge in [-0.2, -0.15) is 0 Å². The maximum absolute atomic E-state index is 12.2. The molecule has 22 heavy (non-hydrogen) atoms. The lowest BCUT2D eigenvalue weighted by atomic mass is 9.48. The van der Waals surface area contributed by atoms with Crippen LogP contribution >= 0.6 is 45.2 Å². The topological polar surface area (TPSA) is 55.8 Å². The molecule has 126 valence electrons. The molecule has 0 spiro atoms. The van der Waals surface area contributed by atoms with Gasteiger partial charge in [0.05, 0.1) is 0 Å². The number of hydrogen-bond donors (Lipinski definition) is 1. The minimum Gasteiger partial charge on any atom is -0.429 e. The standard InChI is InChI=1S/C16H24I2O4/c1-12(2,3)21-11(20)22-16-6-13(10-19)4-14(17,8-16)7-15(18,5-13)9-16/h19H,4-10H2,1-3H3.